The minimum Gasteiger partial charge on any atom is -0.399 e. The zero-order chi connectivity index (χ0) is 13.7. The van der Waals surface area contributed by atoms with Gasteiger partial charge < -0.3 is 15.6 Å². The van der Waals surface area contributed by atoms with Crippen LogP contribution in [0, 0.1) is 0 Å². The van der Waals surface area contributed by atoms with E-state index in [1.165, 1.54) is 0 Å². The number of benzene rings is 2. The molecule has 2 aromatic carbocycles. The van der Waals surface area contributed by atoms with E-state index in [9.17, 15) is 5.11 Å². The number of hydrogen-bond donors (Lipinski definition) is 2. The highest BCUT2D eigenvalue weighted by molar-refractivity contribution is 9.10. The van der Waals surface area contributed by atoms with E-state index in [0.29, 0.717) is 12.3 Å². The van der Waals surface area contributed by atoms with Gasteiger partial charge >= 0.3 is 0 Å². The third-order valence-electron chi connectivity index (χ3n) is 2.75. The van der Waals surface area contributed by atoms with Crippen LogP contribution in [0.3, 0.4) is 0 Å². The molecule has 1 unspecified atom stereocenters. The van der Waals surface area contributed by atoms with Gasteiger partial charge in [0.25, 0.3) is 0 Å². The number of ether oxygens (including phenoxy) is 1. The molecule has 0 radical (unpaired) electrons. The van der Waals surface area contributed by atoms with E-state index in [-0.39, 0.29) is 6.61 Å². The van der Waals surface area contributed by atoms with Gasteiger partial charge in [0.2, 0.25) is 0 Å². The van der Waals surface area contributed by atoms with Crippen molar-refractivity contribution in [3.63, 3.8) is 0 Å². The molecule has 0 aliphatic rings. The number of hydrogen-bond acceptors (Lipinski definition) is 3. The van der Waals surface area contributed by atoms with E-state index in [2.05, 4.69) is 15.9 Å². The summed E-state index contributed by atoms with van der Waals surface area (Å²) in [6.45, 7) is 0.738. The zero-order valence-corrected chi connectivity index (χ0v) is 12.0. The lowest BCUT2D eigenvalue weighted by Crippen LogP contribution is -2.07. The van der Waals surface area contributed by atoms with Gasteiger partial charge in [-0.2, -0.15) is 0 Å². The van der Waals surface area contributed by atoms with Crippen molar-refractivity contribution in [2.45, 2.75) is 12.7 Å². The van der Waals surface area contributed by atoms with Gasteiger partial charge in [0, 0.05) is 10.2 Å². The second kappa shape index (κ2) is 6.70. The van der Waals surface area contributed by atoms with Gasteiger partial charge in [-0.3, -0.25) is 0 Å². The molecule has 0 heterocycles. The first-order chi connectivity index (χ1) is 9.15. The normalized spacial score (nSPS) is 12.3. The number of nitrogens with two attached hydrogens (primary N) is 1. The first kappa shape index (κ1) is 14.1. The van der Waals surface area contributed by atoms with Gasteiger partial charge in [0.15, 0.2) is 0 Å². The summed E-state index contributed by atoms with van der Waals surface area (Å²) in [5, 5.41) is 9.97. The third-order valence-corrected chi connectivity index (χ3v) is 3.25. The van der Waals surface area contributed by atoms with Crippen molar-refractivity contribution < 1.29 is 9.84 Å². The van der Waals surface area contributed by atoms with E-state index >= 15 is 0 Å². The molecule has 19 heavy (non-hydrogen) atoms. The van der Waals surface area contributed by atoms with Crippen molar-refractivity contribution in [3.8, 4) is 0 Å². The molecule has 2 rings (SSSR count). The molecule has 3 N–H and O–H groups in total. The molecule has 0 saturated carbocycles. The topological polar surface area (TPSA) is 55.5 Å². The Kier molecular flexibility index (Phi) is 4.96. The fourth-order valence-corrected chi connectivity index (χ4v) is 2.18. The van der Waals surface area contributed by atoms with Crippen molar-refractivity contribution in [1.82, 2.24) is 0 Å². The number of rotatable bonds is 5. The van der Waals surface area contributed by atoms with Crippen molar-refractivity contribution >= 4 is 21.6 Å². The highest BCUT2D eigenvalue weighted by Gasteiger charge is 2.07. The average Bonchev–Trinajstić information content (AvgIpc) is 2.39. The smallest absolute Gasteiger partial charge is 0.102 e. The molecule has 0 fully saturated rings. The highest BCUT2D eigenvalue weighted by atomic mass is 79.9. The lowest BCUT2D eigenvalue weighted by atomic mass is 10.1. The minimum absolute atomic E-state index is 0.260. The van der Waals surface area contributed by atoms with Crippen molar-refractivity contribution in [2.75, 3.05) is 12.3 Å². The largest absolute Gasteiger partial charge is 0.399 e. The first-order valence-corrected chi connectivity index (χ1v) is 6.80. The maximum absolute atomic E-state index is 9.97. The number of nitrogen functional groups attached to an aromatic ring is 1. The summed E-state index contributed by atoms with van der Waals surface area (Å²) in [7, 11) is 0. The predicted octanol–water partition coefficient (Wildman–Crippen LogP) is 3.28. The molecule has 0 aromatic heterocycles. The fourth-order valence-electron chi connectivity index (χ4n) is 1.73. The summed E-state index contributed by atoms with van der Waals surface area (Å²) in [5.41, 5.74) is 8.16. The molecule has 1 atom stereocenters. The third kappa shape index (κ3) is 4.35. The van der Waals surface area contributed by atoms with Crippen LogP contribution in [0.5, 0.6) is 0 Å². The summed E-state index contributed by atoms with van der Waals surface area (Å²) in [6.07, 6.45) is -0.632. The number of anilines is 1. The Morgan fingerprint density at radius 1 is 1.16 bits per heavy atom. The Morgan fingerprint density at radius 2 is 1.89 bits per heavy atom. The quantitative estimate of drug-likeness (QED) is 0.831. The molecule has 0 aliphatic carbocycles. The van der Waals surface area contributed by atoms with Crippen LogP contribution in [0.2, 0.25) is 0 Å². The molecule has 0 spiro atoms. The molecule has 0 amide bonds. The van der Waals surface area contributed by atoms with Gasteiger partial charge in [-0.05, 0) is 35.4 Å². The van der Waals surface area contributed by atoms with Gasteiger partial charge in [-0.1, -0.05) is 40.2 Å². The van der Waals surface area contributed by atoms with Crippen LogP contribution in [0.4, 0.5) is 5.69 Å². The van der Waals surface area contributed by atoms with Crippen LogP contribution >= 0.6 is 15.9 Å². The maximum Gasteiger partial charge on any atom is 0.102 e. The molecule has 2 aromatic rings. The summed E-state index contributed by atoms with van der Waals surface area (Å²) in [6, 6.07) is 15.1. The Balaban J connectivity index is 1.84. The lowest BCUT2D eigenvalue weighted by Gasteiger charge is -2.12. The van der Waals surface area contributed by atoms with Crippen molar-refractivity contribution in [2.24, 2.45) is 0 Å². The number of halogens is 1. The molecule has 0 saturated heterocycles. The second-order valence-electron chi connectivity index (χ2n) is 4.33. The van der Waals surface area contributed by atoms with Gasteiger partial charge in [-0.15, -0.1) is 0 Å². The monoisotopic (exact) mass is 321 g/mol. The molecular weight excluding hydrogens is 306 g/mol. The summed E-state index contributed by atoms with van der Waals surface area (Å²) < 4.78 is 6.54. The Hall–Kier alpha value is -1.36. The van der Waals surface area contributed by atoms with Crippen LogP contribution in [-0.4, -0.2) is 11.7 Å². The predicted molar refractivity (Wildman–Crippen MR) is 79.6 cm³/mol. The Labute approximate surface area is 121 Å². The molecule has 4 heteroatoms. The van der Waals surface area contributed by atoms with Crippen LogP contribution < -0.4 is 5.73 Å². The average molecular weight is 322 g/mol. The standard InChI is InChI=1S/C15H16BrNO2/c16-13-3-1-2-11(8-13)9-19-10-15(18)12-4-6-14(17)7-5-12/h1-8,15,18H,9-10,17H2. The van der Waals surface area contributed by atoms with E-state index in [0.717, 1.165) is 15.6 Å². The zero-order valence-electron chi connectivity index (χ0n) is 10.4. The number of aliphatic hydroxyl groups excluding tert-OH is 1. The second-order valence-corrected chi connectivity index (χ2v) is 5.24. The molecule has 100 valence electrons. The highest BCUT2D eigenvalue weighted by Crippen LogP contribution is 2.16. The van der Waals surface area contributed by atoms with Crippen LogP contribution in [-0.2, 0) is 11.3 Å². The summed E-state index contributed by atoms with van der Waals surface area (Å²) in [4.78, 5) is 0. The molecule has 0 bridgehead atoms. The van der Waals surface area contributed by atoms with Crippen LogP contribution in [0.1, 0.15) is 17.2 Å². The van der Waals surface area contributed by atoms with E-state index < -0.39 is 6.10 Å². The SMILES string of the molecule is Nc1ccc(C(O)COCc2cccc(Br)c2)cc1. The fraction of sp³-hybridized carbons (Fsp3) is 0.200. The Morgan fingerprint density at radius 3 is 2.58 bits per heavy atom. The minimum atomic E-state index is -0.632. The molecule has 0 aliphatic heterocycles. The first-order valence-electron chi connectivity index (χ1n) is 6.01. The molecule has 3 nitrogen and oxygen atoms in total. The summed E-state index contributed by atoms with van der Waals surface area (Å²) in [5.74, 6) is 0. The summed E-state index contributed by atoms with van der Waals surface area (Å²) >= 11 is 3.41. The van der Waals surface area contributed by atoms with Crippen molar-refractivity contribution in [1.29, 1.82) is 0 Å². The Bertz CT molecular complexity index is 528. The van der Waals surface area contributed by atoms with E-state index in [4.69, 9.17) is 10.5 Å². The van der Waals surface area contributed by atoms with Crippen molar-refractivity contribution in [3.05, 3.63) is 64.1 Å². The maximum atomic E-state index is 9.97. The van der Waals surface area contributed by atoms with Crippen LogP contribution in [0.15, 0.2) is 53.0 Å². The molecular formula is C15H16BrNO2. The lowest BCUT2D eigenvalue weighted by molar-refractivity contribution is 0.0277. The number of aliphatic hydroxyl groups is 1. The van der Waals surface area contributed by atoms with Gasteiger partial charge in [0.05, 0.1) is 13.2 Å². The van der Waals surface area contributed by atoms with E-state index in [1.54, 1.807) is 12.1 Å². The van der Waals surface area contributed by atoms with Gasteiger partial charge in [0.1, 0.15) is 6.10 Å². The van der Waals surface area contributed by atoms with Crippen LogP contribution in [0.25, 0.3) is 0 Å². The van der Waals surface area contributed by atoms with E-state index in [1.807, 2.05) is 36.4 Å². The van der Waals surface area contributed by atoms with Gasteiger partial charge in [-0.25, -0.2) is 0 Å².